The van der Waals surface area contributed by atoms with Gasteiger partial charge in [-0.3, -0.25) is 0 Å². The highest BCUT2D eigenvalue weighted by Crippen LogP contribution is 2.27. The van der Waals surface area contributed by atoms with E-state index >= 15 is 0 Å². The number of hydrogen-bond donors (Lipinski definition) is 1. The number of fused-ring (bicyclic) bond motifs is 1. The van der Waals surface area contributed by atoms with Crippen LogP contribution in [0.2, 0.25) is 5.02 Å². The van der Waals surface area contributed by atoms with Crippen LogP contribution in [-0.4, -0.2) is 16.7 Å². The van der Waals surface area contributed by atoms with Gasteiger partial charge in [-0.25, -0.2) is 9.37 Å². The minimum Gasteiger partial charge on any atom is -0.440 e. The van der Waals surface area contributed by atoms with Crippen molar-refractivity contribution in [2.45, 2.75) is 19.3 Å². The minimum atomic E-state index is -0.275. The molecule has 0 aliphatic carbocycles. The predicted molar refractivity (Wildman–Crippen MR) is 83.6 cm³/mol. The highest BCUT2D eigenvalue weighted by atomic mass is 35.5. The number of aryl methyl sites for hydroxylation is 1. The molecule has 1 aromatic heterocycles. The van der Waals surface area contributed by atoms with Gasteiger partial charge in [-0.05, 0) is 42.2 Å². The molecule has 0 fully saturated rings. The van der Waals surface area contributed by atoms with Crippen molar-refractivity contribution in [3.8, 4) is 0 Å². The number of rotatable bonds is 5. The summed E-state index contributed by atoms with van der Waals surface area (Å²) in [6, 6.07) is 10.1. The van der Waals surface area contributed by atoms with Crippen LogP contribution >= 0.6 is 11.6 Å². The molecular weight excluding hydrogens is 305 g/mol. The fourth-order valence-electron chi connectivity index (χ4n) is 2.45. The van der Waals surface area contributed by atoms with E-state index in [-0.39, 0.29) is 12.4 Å². The second-order valence-electron chi connectivity index (χ2n) is 5.12. The highest BCUT2D eigenvalue weighted by Gasteiger charge is 2.13. The SMILES string of the molecule is OCCCc1cc(Cl)cc2nc(Cc3ccccc3F)oc12. The Morgan fingerprint density at radius 2 is 2.00 bits per heavy atom. The summed E-state index contributed by atoms with van der Waals surface area (Å²) in [5.41, 5.74) is 2.76. The lowest BCUT2D eigenvalue weighted by molar-refractivity contribution is 0.288. The van der Waals surface area contributed by atoms with Crippen molar-refractivity contribution in [1.29, 1.82) is 0 Å². The number of aliphatic hydroxyl groups excluding tert-OH is 1. The third-order valence-corrected chi connectivity index (χ3v) is 3.70. The monoisotopic (exact) mass is 319 g/mol. The van der Waals surface area contributed by atoms with Crippen molar-refractivity contribution in [3.05, 3.63) is 64.3 Å². The van der Waals surface area contributed by atoms with Gasteiger partial charge in [0.1, 0.15) is 11.3 Å². The van der Waals surface area contributed by atoms with Crippen LogP contribution in [0.1, 0.15) is 23.4 Å². The second-order valence-corrected chi connectivity index (χ2v) is 5.55. The van der Waals surface area contributed by atoms with Crippen molar-refractivity contribution < 1.29 is 13.9 Å². The van der Waals surface area contributed by atoms with Crippen molar-refractivity contribution in [3.63, 3.8) is 0 Å². The van der Waals surface area contributed by atoms with Crippen LogP contribution in [0.4, 0.5) is 4.39 Å². The molecule has 5 heteroatoms. The highest BCUT2D eigenvalue weighted by molar-refractivity contribution is 6.31. The number of nitrogens with zero attached hydrogens (tertiary/aromatic N) is 1. The summed E-state index contributed by atoms with van der Waals surface area (Å²) >= 11 is 6.09. The zero-order valence-electron chi connectivity index (χ0n) is 11.9. The maximum Gasteiger partial charge on any atom is 0.200 e. The summed E-state index contributed by atoms with van der Waals surface area (Å²) in [7, 11) is 0. The Morgan fingerprint density at radius 1 is 1.18 bits per heavy atom. The Hall–Kier alpha value is -1.91. The largest absolute Gasteiger partial charge is 0.440 e. The molecule has 1 N–H and O–H groups in total. The van der Waals surface area contributed by atoms with Crippen LogP contribution in [0, 0.1) is 5.82 Å². The number of aliphatic hydroxyl groups is 1. The van der Waals surface area contributed by atoms with Gasteiger partial charge in [0.05, 0.1) is 6.42 Å². The fourth-order valence-corrected chi connectivity index (χ4v) is 2.68. The molecule has 1 heterocycles. The molecule has 3 aromatic rings. The lowest BCUT2D eigenvalue weighted by atomic mass is 10.1. The third kappa shape index (κ3) is 3.13. The van der Waals surface area contributed by atoms with E-state index in [0.717, 1.165) is 5.56 Å². The molecule has 0 radical (unpaired) electrons. The molecule has 0 saturated carbocycles. The van der Waals surface area contributed by atoms with E-state index in [1.165, 1.54) is 6.07 Å². The van der Waals surface area contributed by atoms with Crippen molar-refractivity contribution in [1.82, 2.24) is 4.98 Å². The molecule has 0 saturated heterocycles. The predicted octanol–water partition coefficient (Wildman–Crippen LogP) is 4.14. The van der Waals surface area contributed by atoms with Crippen molar-refractivity contribution >= 4 is 22.7 Å². The first-order valence-electron chi connectivity index (χ1n) is 7.09. The van der Waals surface area contributed by atoms with Crippen LogP contribution < -0.4 is 0 Å². The van der Waals surface area contributed by atoms with Gasteiger partial charge in [-0.2, -0.15) is 0 Å². The Bertz CT molecular complexity index is 800. The summed E-state index contributed by atoms with van der Waals surface area (Å²) in [5.74, 6) is 0.177. The number of oxazole rings is 1. The molecule has 0 bridgehead atoms. The molecule has 0 unspecified atom stereocenters. The molecule has 114 valence electrons. The Balaban J connectivity index is 1.97. The van der Waals surface area contributed by atoms with Crippen LogP contribution in [0.3, 0.4) is 0 Å². The summed E-state index contributed by atoms with van der Waals surface area (Å²) in [6.07, 6.45) is 1.57. The average Bonchev–Trinajstić information content (AvgIpc) is 2.89. The van der Waals surface area contributed by atoms with Crippen molar-refractivity contribution in [2.24, 2.45) is 0 Å². The summed E-state index contributed by atoms with van der Waals surface area (Å²) in [4.78, 5) is 4.40. The molecule has 0 atom stereocenters. The van der Waals surface area contributed by atoms with Gasteiger partial charge >= 0.3 is 0 Å². The first-order chi connectivity index (χ1) is 10.7. The third-order valence-electron chi connectivity index (χ3n) is 3.48. The molecule has 3 nitrogen and oxygen atoms in total. The molecule has 2 aromatic carbocycles. The van der Waals surface area contributed by atoms with Crippen LogP contribution in [0.15, 0.2) is 40.8 Å². The number of benzene rings is 2. The lowest BCUT2D eigenvalue weighted by Gasteiger charge is -2.01. The molecule has 3 rings (SSSR count). The minimum absolute atomic E-state index is 0.101. The first-order valence-corrected chi connectivity index (χ1v) is 7.47. The maximum absolute atomic E-state index is 13.7. The van der Waals surface area contributed by atoms with Crippen LogP contribution in [-0.2, 0) is 12.8 Å². The number of hydrogen-bond acceptors (Lipinski definition) is 3. The summed E-state index contributed by atoms with van der Waals surface area (Å²) in [5, 5.41) is 9.55. The number of halogens is 2. The maximum atomic E-state index is 13.7. The van der Waals surface area contributed by atoms with Crippen LogP contribution in [0.5, 0.6) is 0 Å². The van der Waals surface area contributed by atoms with Gasteiger partial charge in [0, 0.05) is 11.6 Å². The van der Waals surface area contributed by atoms with E-state index in [0.29, 0.717) is 46.8 Å². The first kappa shape index (κ1) is 15.0. The smallest absolute Gasteiger partial charge is 0.200 e. The Labute approximate surface area is 132 Å². The fraction of sp³-hybridized carbons (Fsp3) is 0.235. The van der Waals surface area contributed by atoms with Gasteiger partial charge in [-0.1, -0.05) is 29.8 Å². The van der Waals surface area contributed by atoms with Crippen LogP contribution in [0.25, 0.3) is 11.1 Å². The van der Waals surface area contributed by atoms with E-state index in [9.17, 15) is 4.39 Å². The normalized spacial score (nSPS) is 11.2. The van der Waals surface area contributed by atoms with E-state index in [4.69, 9.17) is 21.1 Å². The second kappa shape index (κ2) is 6.46. The summed E-state index contributed by atoms with van der Waals surface area (Å²) < 4.78 is 19.5. The molecule has 0 amide bonds. The quantitative estimate of drug-likeness (QED) is 0.769. The van der Waals surface area contributed by atoms with Gasteiger partial charge in [0.25, 0.3) is 0 Å². The lowest BCUT2D eigenvalue weighted by Crippen LogP contribution is -1.91. The molecular formula is C17H15ClFNO2. The summed E-state index contributed by atoms with van der Waals surface area (Å²) in [6.45, 7) is 0.101. The van der Waals surface area contributed by atoms with Gasteiger partial charge in [0.2, 0.25) is 0 Å². The molecule has 0 spiro atoms. The van der Waals surface area contributed by atoms with Gasteiger partial charge in [0.15, 0.2) is 11.5 Å². The molecule has 0 aliphatic rings. The van der Waals surface area contributed by atoms with Gasteiger partial charge < -0.3 is 9.52 Å². The van der Waals surface area contributed by atoms with E-state index in [1.807, 2.05) is 6.07 Å². The van der Waals surface area contributed by atoms with Crippen molar-refractivity contribution in [2.75, 3.05) is 6.61 Å². The van der Waals surface area contributed by atoms with Gasteiger partial charge in [-0.15, -0.1) is 0 Å². The van der Waals surface area contributed by atoms with E-state index < -0.39 is 0 Å². The van der Waals surface area contributed by atoms with E-state index in [1.54, 1.807) is 24.3 Å². The standard InChI is InChI=1S/C17H15ClFNO2/c18-13-8-12(5-3-7-21)17-15(10-13)20-16(22-17)9-11-4-1-2-6-14(11)19/h1-2,4,6,8,10,21H,3,5,7,9H2. The Kier molecular flexibility index (Phi) is 4.41. The zero-order chi connectivity index (χ0) is 15.5. The molecule has 0 aliphatic heterocycles. The molecule has 22 heavy (non-hydrogen) atoms. The number of aromatic nitrogens is 1. The van der Waals surface area contributed by atoms with E-state index in [2.05, 4.69) is 4.98 Å². The average molecular weight is 320 g/mol. The topological polar surface area (TPSA) is 46.3 Å². The Morgan fingerprint density at radius 3 is 2.77 bits per heavy atom. The zero-order valence-corrected chi connectivity index (χ0v) is 12.6.